The predicted molar refractivity (Wildman–Crippen MR) is 83.5 cm³/mol. The number of ether oxygens (including phenoxy) is 2. The number of amides is 1. The fraction of sp³-hybridized carbons (Fsp3) is 0.412. The van der Waals surface area contributed by atoms with Gasteiger partial charge in [-0.15, -0.1) is 0 Å². The van der Waals surface area contributed by atoms with Crippen molar-refractivity contribution in [3.05, 3.63) is 40.8 Å². The highest BCUT2D eigenvalue weighted by molar-refractivity contribution is 5.79. The maximum atomic E-state index is 12.4. The van der Waals surface area contributed by atoms with Gasteiger partial charge < -0.3 is 19.3 Å². The molecule has 23 heavy (non-hydrogen) atoms. The summed E-state index contributed by atoms with van der Waals surface area (Å²) in [5.74, 6) is 1.94. The van der Waals surface area contributed by atoms with E-state index >= 15 is 0 Å². The van der Waals surface area contributed by atoms with E-state index in [4.69, 9.17) is 14.0 Å². The topological polar surface area (TPSA) is 73.6 Å². The normalized spacial score (nSPS) is 16.4. The maximum Gasteiger partial charge on any atom is 0.227 e. The molecule has 2 heterocycles. The summed E-state index contributed by atoms with van der Waals surface area (Å²) < 4.78 is 16.1. The molecule has 0 aliphatic carbocycles. The number of aromatic nitrogens is 1. The van der Waals surface area contributed by atoms with E-state index in [9.17, 15) is 4.79 Å². The van der Waals surface area contributed by atoms with Crippen LogP contribution in [0.4, 0.5) is 0 Å². The van der Waals surface area contributed by atoms with Crippen LogP contribution in [0, 0.1) is 19.8 Å². The Bertz CT molecular complexity index is 704. The number of hydrogen-bond donors (Lipinski definition) is 1. The molecular formula is C17H20N2O4. The first-order chi connectivity index (χ1) is 11.1. The summed E-state index contributed by atoms with van der Waals surface area (Å²) in [4.78, 5) is 12.4. The molecule has 1 aliphatic rings. The SMILES string of the molecule is COc1cccc2c1OC[C@H](C(=O)NCc1c(C)noc1C)C2. The summed E-state index contributed by atoms with van der Waals surface area (Å²) in [7, 11) is 1.61. The van der Waals surface area contributed by atoms with Gasteiger partial charge in [-0.3, -0.25) is 4.79 Å². The highest BCUT2D eigenvalue weighted by Crippen LogP contribution is 2.36. The van der Waals surface area contributed by atoms with Gasteiger partial charge in [0.1, 0.15) is 12.4 Å². The van der Waals surface area contributed by atoms with Gasteiger partial charge in [-0.25, -0.2) is 0 Å². The lowest BCUT2D eigenvalue weighted by Crippen LogP contribution is -2.37. The molecular weight excluding hydrogens is 296 g/mol. The second-order valence-electron chi connectivity index (χ2n) is 5.68. The number of carbonyl (C=O) groups excluding carboxylic acids is 1. The number of benzene rings is 1. The molecule has 6 heteroatoms. The lowest BCUT2D eigenvalue weighted by Gasteiger charge is -2.25. The van der Waals surface area contributed by atoms with Crippen molar-refractivity contribution < 1.29 is 18.8 Å². The Morgan fingerprint density at radius 3 is 2.96 bits per heavy atom. The molecule has 1 amide bonds. The van der Waals surface area contributed by atoms with E-state index in [2.05, 4.69) is 10.5 Å². The Balaban J connectivity index is 1.65. The monoisotopic (exact) mass is 316 g/mol. The first kappa shape index (κ1) is 15.4. The smallest absolute Gasteiger partial charge is 0.227 e. The molecule has 0 saturated carbocycles. The van der Waals surface area contributed by atoms with Crippen molar-refractivity contribution in [3.8, 4) is 11.5 Å². The van der Waals surface area contributed by atoms with Crippen molar-refractivity contribution in [1.29, 1.82) is 0 Å². The average molecular weight is 316 g/mol. The summed E-state index contributed by atoms with van der Waals surface area (Å²) in [6.45, 7) is 4.47. The number of fused-ring (bicyclic) bond motifs is 1. The van der Waals surface area contributed by atoms with Crippen molar-refractivity contribution in [2.45, 2.75) is 26.8 Å². The molecule has 1 aromatic heterocycles. The van der Waals surface area contributed by atoms with Crippen LogP contribution < -0.4 is 14.8 Å². The lowest BCUT2D eigenvalue weighted by atomic mass is 9.95. The van der Waals surface area contributed by atoms with Crippen molar-refractivity contribution >= 4 is 5.91 Å². The molecule has 122 valence electrons. The zero-order chi connectivity index (χ0) is 16.4. The van der Waals surface area contributed by atoms with E-state index < -0.39 is 0 Å². The van der Waals surface area contributed by atoms with Crippen LogP contribution in [0.5, 0.6) is 11.5 Å². The van der Waals surface area contributed by atoms with Gasteiger partial charge in [-0.2, -0.15) is 0 Å². The first-order valence-electron chi connectivity index (χ1n) is 7.58. The Hall–Kier alpha value is -2.50. The Labute approximate surface area is 134 Å². The van der Waals surface area contributed by atoms with Gasteiger partial charge in [-0.1, -0.05) is 17.3 Å². The van der Waals surface area contributed by atoms with Gasteiger partial charge in [0.25, 0.3) is 0 Å². The highest BCUT2D eigenvalue weighted by atomic mass is 16.5. The molecule has 0 fully saturated rings. The molecule has 0 unspecified atom stereocenters. The standard InChI is InChI=1S/C17H20N2O4/c1-10-14(11(2)23-19-10)8-18-17(20)13-7-12-5-4-6-15(21-3)16(12)22-9-13/h4-6,13H,7-9H2,1-3H3,(H,18,20)/t13-/m1/s1. The minimum Gasteiger partial charge on any atom is -0.493 e. The Kier molecular flexibility index (Phi) is 4.23. The van der Waals surface area contributed by atoms with Crippen molar-refractivity contribution in [2.24, 2.45) is 5.92 Å². The van der Waals surface area contributed by atoms with Crippen LogP contribution in [0.3, 0.4) is 0 Å². The first-order valence-corrected chi connectivity index (χ1v) is 7.58. The van der Waals surface area contributed by atoms with E-state index in [1.807, 2.05) is 32.0 Å². The number of para-hydroxylation sites is 1. The molecule has 0 bridgehead atoms. The molecule has 1 aliphatic heterocycles. The van der Waals surface area contributed by atoms with Crippen LogP contribution in [0.15, 0.2) is 22.7 Å². The van der Waals surface area contributed by atoms with E-state index in [-0.39, 0.29) is 11.8 Å². The summed E-state index contributed by atoms with van der Waals surface area (Å²) in [6, 6.07) is 5.73. The van der Waals surface area contributed by atoms with Crippen LogP contribution >= 0.6 is 0 Å². The van der Waals surface area contributed by atoms with Crippen LogP contribution in [0.1, 0.15) is 22.6 Å². The van der Waals surface area contributed by atoms with E-state index in [1.165, 1.54) is 0 Å². The van der Waals surface area contributed by atoms with Crippen molar-refractivity contribution in [2.75, 3.05) is 13.7 Å². The van der Waals surface area contributed by atoms with E-state index in [0.717, 1.165) is 28.3 Å². The summed E-state index contributed by atoms with van der Waals surface area (Å²) in [6.07, 6.45) is 0.639. The molecule has 0 saturated heterocycles. The summed E-state index contributed by atoms with van der Waals surface area (Å²) in [5, 5.41) is 6.84. The molecule has 1 N–H and O–H groups in total. The molecule has 2 aromatic rings. The molecule has 0 radical (unpaired) electrons. The van der Waals surface area contributed by atoms with Crippen molar-refractivity contribution in [1.82, 2.24) is 10.5 Å². The summed E-state index contributed by atoms with van der Waals surface area (Å²) in [5.41, 5.74) is 2.73. The number of hydrogen-bond acceptors (Lipinski definition) is 5. The minimum absolute atomic E-state index is 0.0292. The number of nitrogens with zero attached hydrogens (tertiary/aromatic N) is 1. The molecule has 0 spiro atoms. The fourth-order valence-corrected chi connectivity index (χ4v) is 2.80. The number of carbonyl (C=O) groups is 1. The van der Waals surface area contributed by atoms with E-state index in [1.54, 1.807) is 7.11 Å². The quantitative estimate of drug-likeness (QED) is 0.936. The second kappa shape index (κ2) is 6.32. The van der Waals surface area contributed by atoms with Gasteiger partial charge in [0.05, 0.1) is 18.7 Å². The van der Waals surface area contributed by atoms with Crippen LogP contribution in [0.25, 0.3) is 0 Å². The van der Waals surface area contributed by atoms with Gasteiger partial charge in [0, 0.05) is 12.1 Å². The number of rotatable bonds is 4. The van der Waals surface area contributed by atoms with Crippen LogP contribution in [-0.2, 0) is 17.8 Å². The third-order valence-corrected chi connectivity index (χ3v) is 4.17. The minimum atomic E-state index is -0.213. The number of nitrogens with one attached hydrogen (secondary N) is 1. The highest BCUT2D eigenvalue weighted by Gasteiger charge is 2.28. The van der Waals surface area contributed by atoms with E-state index in [0.29, 0.717) is 25.3 Å². The van der Waals surface area contributed by atoms with Gasteiger partial charge in [-0.05, 0) is 31.9 Å². The molecule has 1 atom stereocenters. The zero-order valence-electron chi connectivity index (χ0n) is 13.5. The fourth-order valence-electron chi connectivity index (χ4n) is 2.80. The van der Waals surface area contributed by atoms with Crippen molar-refractivity contribution in [3.63, 3.8) is 0 Å². The lowest BCUT2D eigenvalue weighted by molar-refractivity contribution is -0.126. The second-order valence-corrected chi connectivity index (χ2v) is 5.68. The molecule has 1 aromatic carbocycles. The van der Waals surface area contributed by atoms with Gasteiger partial charge >= 0.3 is 0 Å². The van der Waals surface area contributed by atoms with Crippen LogP contribution in [0.2, 0.25) is 0 Å². The van der Waals surface area contributed by atoms with Gasteiger partial charge in [0.15, 0.2) is 11.5 Å². The maximum absolute atomic E-state index is 12.4. The largest absolute Gasteiger partial charge is 0.493 e. The number of aryl methyl sites for hydroxylation is 2. The Morgan fingerprint density at radius 2 is 2.26 bits per heavy atom. The summed E-state index contributed by atoms with van der Waals surface area (Å²) >= 11 is 0. The van der Waals surface area contributed by atoms with Gasteiger partial charge in [0.2, 0.25) is 5.91 Å². The Morgan fingerprint density at radius 1 is 1.43 bits per heavy atom. The average Bonchev–Trinajstić information content (AvgIpc) is 2.89. The third-order valence-electron chi connectivity index (χ3n) is 4.17. The third kappa shape index (κ3) is 3.02. The number of methoxy groups -OCH3 is 1. The predicted octanol–water partition coefficient (Wildman–Crippen LogP) is 2.17. The molecule has 3 rings (SSSR count). The zero-order valence-corrected chi connectivity index (χ0v) is 13.5. The van der Waals surface area contributed by atoms with Crippen LogP contribution in [-0.4, -0.2) is 24.8 Å². The molecule has 6 nitrogen and oxygen atoms in total.